The molecule has 0 saturated carbocycles. The van der Waals surface area contributed by atoms with Crippen LogP contribution in [-0.4, -0.2) is 22.2 Å². The van der Waals surface area contributed by atoms with E-state index in [9.17, 15) is 4.79 Å². The number of aromatic nitrogens is 1. The zero-order chi connectivity index (χ0) is 10.6. The first-order valence-electron chi connectivity index (χ1n) is 3.89. The molecule has 5 heteroatoms. The molecule has 0 aliphatic heterocycles. The first-order valence-corrected chi connectivity index (χ1v) is 3.89. The molecule has 0 aliphatic carbocycles. The summed E-state index contributed by atoms with van der Waals surface area (Å²) in [5.74, 6) is -1.07. The fourth-order valence-corrected chi connectivity index (χ4v) is 0.863. The van der Waals surface area contributed by atoms with Crippen LogP contribution in [0.5, 0.6) is 5.75 Å². The van der Waals surface area contributed by atoms with Crippen LogP contribution in [0.25, 0.3) is 0 Å². The standard InChI is InChI=1S/C9H8N2O3/c1-6(5-10)14-7-3-2-4-11-8(7)9(12)13/h2-4,6H,1H3,(H,12,13). The van der Waals surface area contributed by atoms with Crippen molar-refractivity contribution < 1.29 is 14.6 Å². The van der Waals surface area contributed by atoms with Crippen LogP contribution < -0.4 is 4.74 Å². The lowest BCUT2D eigenvalue weighted by Gasteiger charge is -2.08. The average molecular weight is 192 g/mol. The van der Waals surface area contributed by atoms with E-state index >= 15 is 0 Å². The second-order valence-electron chi connectivity index (χ2n) is 2.54. The Morgan fingerprint density at radius 3 is 3.07 bits per heavy atom. The minimum absolute atomic E-state index is 0.106. The Bertz CT molecular complexity index is 384. The van der Waals surface area contributed by atoms with Crippen LogP contribution >= 0.6 is 0 Å². The summed E-state index contributed by atoms with van der Waals surface area (Å²) in [5.41, 5.74) is -0.186. The van der Waals surface area contributed by atoms with Crippen LogP contribution in [0.15, 0.2) is 18.3 Å². The third-order valence-electron chi connectivity index (χ3n) is 1.46. The largest absolute Gasteiger partial charge is 0.476 e. The van der Waals surface area contributed by atoms with Crippen molar-refractivity contribution in [3.05, 3.63) is 24.0 Å². The molecule has 0 radical (unpaired) electrons. The molecule has 14 heavy (non-hydrogen) atoms. The lowest BCUT2D eigenvalue weighted by molar-refractivity contribution is 0.0684. The smallest absolute Gasteiger partial charge is 0.358 e. The van der Waals surface area contributed by atoms with Gasteiger partial charge in [0.2, 0.25) is 0 Å². The Kier molecular flexibility index (Phi) is 3.02. The van der Waals surface area contributed by atoms with Gasteiger partial charge in [-0.3, -0.25) is 0 Å². The Hall–Kier alpha value is -2.09. The summed E-state index contributed by atoms with van der Waals surface area (Å²) in [5, 5.41) is 17.2. The van der Waals surface area contributed by atoms with Crippen LogP contribution in [0.3, 0.4) is 0 Å². The highest BCUT2D eigenvalue weighted by Crippen LogP contribution is 2.16. The molecule has 0 spiro atoms. The average Bonchev–Trinajstić information content (AvgIpc) is 2.18. The number of carboxylic acids is 1. The first kappa shape index (κ1) is 9.99. The van der Waals surface area contributed by atoms with Crippen molar-refractivity contribution in [3.8, 4) is 11.8 Å². The molecule has 0 amide bonds. The van der Waals surface area contributed by atoms with Gasteiger partial charge in [-0.1, -0.05) is 0 Å². The number of aromatic carboxylic acids is 1. The van der Waals surface area contributed by atoms with E-state index in [4.69, 9.17) is 15.1 Å². The summed E-state index contributed by atoms with van der Waals surface area (Å²) >= 11 is 0. The Labute approximate surface area is 80.6 Å². The van der Waals surface area contributed by atoms with E-state index < -0.39 is 12.1 Å². The number of nitriles is 1. The highest BCUT2D eigenvalue weighted by molar-refractivity contribution is 5.88. The molecule has 1 aromatic rings. The van der Waals surface area contributed by atoms with Crippen molar-refractivity contribution in [1.29, 1.82) is 5.26 Å². The van der Waals surface area contributed by atoms with Gasteiger partial charge in [-0.2, -0.15) is 5.26 Å². The molecule has 72 valence electrons. The number of hydrogen-bond acceptors (Lipinski definition) is 4. The molecule has 5 nitrogen and oxygen atoms in total. The topological polar surface area (TPSA) is 83.2 Å². The number of rotatable bonds is 3. The van der Waals surface area contributed by atoms with Crippen molar-refractivity contribution in [2.45, 2.75) is 13.0 Å². The van der Waals surface area contributed by atoms with Crippen LogP contribution in [0.4, 0.5) is 0 Å². The summed E-state index contributed by atoms with van der Waals surface area (Å²) in [6.45, 7) is 1.53. The fourth-order valence-electron chi connectivity index (χ4n) is 0.863. The zero-order valence-corrected chi connectivity index (χ0v) is 7.47. The Balaban J connectivity index is 2.97. The highest BCUT2D eigenvalue weighted by atomic mass is 16.5. The lowest BCUT2D eigenvalue weighted by atomic mass is 10.3. The van der Waals surface area contributed by atoms with E-state index in [0.29, 0.717) is 0 Å². The minimum atomic E-state index is -1.18. The number of nitrogens with zero attached hydrogens (tertiary/aromatic N) is 2. The van der Waals surface area contributed by atoms with Crippen LogP contribution in [0.2, 0.25) is 0 Å². The molecule has 0 saturated heterocycles. The quantitative estimate of drug-likeness (QED) is 0.774. The molecule has 1 aromatic heterocycles. The van der Waals surface area contributed by atoms with Crippen LogP contribution in [0, 0.1) is 11.3 Å². The molecule has 1 heterocycles. The number of hydrogen-bond donors (Lipinski definition) is 1. The van der Waals surface area contributed by atoms with Crippen molar-refractivity contribution in [3.63, 3.8) is 0 Å². The summed E-state index contributed by atoms with van der Waals surface area (Å²) in [7, 11) is 0. The predicted molar refractivity (Wildman–Crippen MR) is 46.9 cm³/mol. The van der Waals surface area contributed by atoms with Gasteiger partial charge in [0, 0.05) is 6.20 Å². The van der Waals surface area contributed by atoms with E-state index in [0.717, 1.165) is 0 Å². The van der Waals surface area contributed by atoms with Crippen molar-refractivity contribution in [2.24, 2.45) is 0 Å². The SMILES string of the molecule is CC(C#N)Oc1cccnc1C(=O)O. The maximum absolute atomic E-state index is 10.7. The van der Waals surface area contributed by atoms with Crippen LogP contribution in [-0.2, 0) is 0 Å². The van der Waals surface area contributed by atoms with Crippen molar-refractivity contribution >= 4 is 5.97 Å². The zero-order valence-electron chi connectivity index (χ0n) is 7.47. The van der Waals surface area contributed by atoms with E-state index in [-0.39, 0.29) is 11.4 Å². The van der Waals surface area contributed by atoms with Gasteiger partial charge < -0.3 is 9.84 Å². The minimum Gasteiger partial charge on any atom is -0.476 e. The third-order valence-corrected chi connectivity index (χ3v) is 1.46. The summed E-state index contributed by atoms with van der Waals surface area (Å²) in [6, 6.07) is 4.85. The van der Waals surface area contributed by atoms with Crippen LogP contribution in [0.1, 0.15) is 17.4 Å². The van der Waals surface area contributed by atoms with Gasteiger partial charge in [0.15, 0.2) is 17.5 Å². The fraction of sp³-hybridized carbons (Fsp3) is 0.222. The summed E-state index contributed by atoms with van der Waals surface area (Å²) in [4.78, 5) is 14.3. The number of carboxylic acid groups (broad SMARTS) is 1. The molecule has 0 aliphatic rings. The van der Waals surface area contributed by atoms with Gasteiger partial charge in [-0.25, -0.2) is 9.78 Å². The number of carbonyl (C=O) groups is 1. The van der Waals surface area contributed by atoms with Crippen molar-refractivity contribution in [2.75, 3.05) is 0 Å². The molecule has 1 unspecified atom stereocenters. The van der Waals surface area contributed by atoms with E-state index in [2.05, 4.69) is 4.98 Å². The van der Waals surface area contributed by atoms with Gasteiger partial charge in [-0.05, 0) is 19.1 Å². The second-order valence-corrected chi connectivity index (χ2v) is 2.54. The Morgan fingerprint density at radius 1 is 1.79 bits per heavy atom. The number of pyridine rings is 1. The highest BCUT2D eigenvalue weighted by Gasteiger charge is 2.13. The molecule has 0 aromatic carbocycles. The molecule has 0 bridgehead atoms. The molecule has 1 N–H and O–H groups in total. The van der Waals surface area contributed by atoms with Gasteiger partial charge in [0.25, 0.3) is 0 Å². The van der Waals surface area contributed by atoms with E-state index in [1.165, 1.54) is 19.2 Å². The molecule has 1 atom stereocenters. The van der Waals surface area contributed by atoms with Gasteiger partial charge >= 0.3 is 5.97 Å². The van der Waals surface area contributed by atoms with E-state index in [1.54, 1.807) is 6.07 Å². The third kappa shape index (κ3) is 2.20. The summed E-state index contributed by atoms with van der Waals surface area (Å²) in [6.07, 6.45) is 0.658. The maximum Gasteiger partial charge on any atom is 0.358 e. The van der Waals surface area contributed by atoms with Gasteiger partial charge in [0.05, 0.1) is 0 Å². The predicted octanol–water partition coefficient (Wildman–Crippen LogP) is 1.07. The number of ether oxygens (including phenoxy) is 1. The van der Waals surface area contributed by atoms with E-state index in [1.807, 2.05) is 6.07 Å². The molecule has 1 rings (SSSR count). The van der Waals surface area contributed by atoms with Gasteiger partial charge in [-0.15, -0.1) is 0 Å². The molecular weight excluding hydrogens is 184 g/mol. The maximum atomic E-state index is 10.7. The Morgan fingerprint density at radius 2 is 2.50 bits per heavy atom. The second kappa shape index (κ2) is 4.23. The molecule has 0 fully saturated rings. The molecular formula is C9H8N2O3. The van der Waals surface area contributed by atoms with Gasteiger partial charge in [0.1, 0.15) is 6.07 Å². The van der Waals surface area contributed by atoms with Crippen molar-refractivity contribution in [1.82, 2.24) is 4.98 Å². The monoisotopic (exact) mass is 192 g/mol. The summed E-state index contributed by atoms with van der Waals surface area (Å²) < 4.78 is 5.05. The normalized spacial score (nSPS) is 11.4. The first-order chi connectivity index (χ1) is 6.65. The lowest BCUT2D eigenvalue weighted by Crippen LogP contribution is -2.12.